The van der Waals surface area contributed by atoms with E-state index in [1.807, 2.05) is 0 Å². The molecule has 62 valence electrons. The Morgan fingerprint density at radius 1 is 1.10 bits per heavy atom. The summed E-state index contributed by atoms with van der Waals surface area (Å²) in [6.07, 6.45) is 1.23. The summed E-state index contributed by atoms with van der Waals surface area (Å²) in [5.74, 6) is 0.757. The van der Waals surface area contributed by atoms with E-state index in [2.05, 4.69) is 39.9 Å². The molecule has 0 saturated heterocycles. The van der Waals surface area contributed by atoms with E-state index in [4.69, 9.17) is 0 Å². The Labute approximate surface area is 65.2 Å². The average Bonchev–Trinajstić information content (AvgIpc) is 1.81. The van der Waals surface area contributed by atoms with E-state index in [0.29, 0.717) is 12.1 Å². The van der Waals surface area contributed by atoms with Gasteiger partial charge >= 0.3 is 0 Å². The Morgan fingerprint density at radius 2 is 1.60 bits per heavy atom. The summed E-state index contributed by atoms with van der Waals surface area (Å²) in [4.78, 5) is 0. The summed E-state index contributed by atoms with van der Waals surface area (Å²) in [5, 5.41) is 3.53. The van der Waals surface area contributed by atoms with Crippen molar-refractivity contribution in [3.63, 3.8) is 0 Å². The zero-order valence-corrected chi connectivity index (χ0v) is 7.94. The van der Waals surface area contributed by atoms with Crippen molar-refractivity contribution in [2.45, 2.75) is 53.1 Å². The molecule has 10 heavy (non-hydrogen) atoms. The first-order valence-corrected chi connectivity index (χ1v) is 4.34. The molecule has 0 rings (SSSR count). The van der Waals surface area contributed by atoms with Crippen LogP contribution in [0.1, 0.15) is 41.0 Å². The first-order chi connectivity index (χ1) is 4.57. The second kappa shape index (κ2) is 4.73. The largest absolute Gasteiger partial charge is 0.312 e. The van der Waals surface area contributed by atoms with Crippen LogP contribution in [0.3, 0.4) is 0 Å². The maximum Gasteiger partial charge on any atom is 0.00897 e. The number of hydrogen-bond acceptors (Lipinski definition) is 1. The van der Waals surface area contributed by atoms with Crippen molar-refractivity contribution in [3.05, 3.63) is 0 Å². The number of nitrogens with one attached hydrogen (secondary N) is 1. The lowest BCUT2D eigenvalue weighted by Crippen LogP contribution is -2.37. The summed E-state index contributed by atoms with van der Waals surface area (Å²) in [5.41, 5.74) is 0. The zero-order chi connectivity index (χ0) is 8.15. The van der Waals surface area contributed by atoms with Gasteiger partial charge in [0.1, 0.15) is 0 Å². The molecule has 0 aromatic rings. The standard InChI is InChI=1S/C9H21N/c1-6-9(7(2)3)10-8(4)5/h7-10H,6H2,1-5H3/t9-/m1/s1. The summed E-state index contributed by atoms with van der Waals surface area (Å²) >= 11 is 0. The Bertz CT molecular complexity index is 76.8. The molecule has 0 saturated carbocycles. The highest BCUT2D eigenvalue weighted by atomic mass is 14.9. The quantitative estimate of drug-likeness (QED) is 0.637. The molecule has 0 radical (unpaired) electrons. The van der Waals surface area contributed by atoms with Crippen molar-refractivity contribution >= 4 is 0 Å². The third kappa shape index (κ3) is 3.89. The molecule has 0 aliphatic heterocycles. The maximum atomic E-state index is 3.53. The van der Waals surface area contributed by atoms with E-state index in [1.165, 1.54) is 6.42 Å². The van der Waals surface area contributed by atoms with Crippen molar-refractivity contribution < 1.29 is 0 Å². The summed E-state index contributed by atoms with van der Waals surface area (Å²) in [7, 11) is 0. The molecule has 1 atom stereocenters. The fourth-order valence-corrected chi connectivity index (χ4v) is 1.21. The van der Waals surface area contributed by atoms with Gasteiger partial charge in [-0.25, -0.2) is 0 Å². The fraction of sp³-hybridized carbons (Fsp3) is 1.00. The molecule has 1 nitrogen and oxygen atoms in total. The van der Waals surface area contributed by atoms with Gasteiger partial charge in [-0.15, -0.1) is 0 Å². The monoisotopic (exact) mass is 143 g/mol. The maximum absolute atomic E-state index is 3.53. The molecular weight excluding hydrogens is 122 g/mol. The van der Waals surface area contributed by atoms with E-state index < -0.39 is 0 Å². The lowest BCUT2D eigenvalue weighted by Gasteiger charge is -2.23. The zero-order valence-electron chi connectivity index (χ0n) is 7.94. The van der Waals surface area contributed by atoms with Gasteiger partial charge in [-0.05, 0) is 12.3 Å². The van der Waals surface area contributed by atoms with Crippen LogP contribution in [-0.2, 0) is 0 Å². The van der Waals surface area contributed by atoms with Crippen LogP contribution in [0.4, 0.5) is 0 Å². The minimum absolute atomic E-state index is 0.618. The molecule has 0 bridgehead atoms. The summed E-state index contributed by atoms with van der Waals surface area (Å²) < 4.78 is 0. The molecule has 1 heteroatoms. The van der Waals surface area contributed by atoms with Gasteiger partial charge in [0.05, 0.1) is 0 Å². The van der Waals surface area contributed by atoms with E-state index in [9.17, 15) is 0 Å². The van der Waals surface area contributed by atoms with Crippen LogP contribution >= 0.6 is 0 Å². The molecule has 0 spiro atoms. The highest BCUT2D eigenvalue weighted by molar-refractivity contribution is 4.70. The highest BCUT2D eigenvalue weighted by Gasteiger charge is 2.10. The molecule has 0 aromatic heterocycles. The minimum atomic E-state index is 0.618. The van der Waals surface area contributed by atoms with Gasteiger partial charge < -0.3 is 5.32 Å². The second-order valence-corrected chi connectivity index (χ2v) is 3.58. The normalized spacial score (nSPS) is 14.7. The Balaban J connectivity index is 3.60. The van der Waals surface area contributed by atoms with Crippen LogP contribution in [0.2, 0.25) is 0 Å². The topological polar surface area (TPSA) is 12.0 Å². The summed E-state index contributed by atoms with van der Waals surface area (Å²) in [6, 6.07) is 1.31. The van der Waals surface area contributed by atoms with Crippen LogP contribution in [0.5, 0.6) is 0 Å². The molecular formula is C9H21N. The van der Waals surface area contributed by atoms with E-state index in [1.54, 1.807) is 0 Å². The Kier molecular flexibility index (Phi) is 4.71. The van der Waals surface area contributed by atoms with Crippen molar-refractivity contribution in [1.29, 1.82) is 0 Å². The molecule has 0 aliphatic rings. The molecule has 0 aliphatic carbocycles. The fourth-order valence-electron chi connectivity index (χ4n) is 1.21. The molecule has 0 aromatic carbocycles. The first kappa shape index (κ1) is 9.96. The van der Waals surface area contributed by atoms with E-state index in [-0.39, 0.29) is 0 Å². The third-order valence-electron chi connectivity index (χ3n) is 1.79. The van der Waals surface area contributed by atoms with Crippen molar-refractivity contribution in [2.75, 3.05) is 0 Å². The molecule has 0 unspecified atom stereocenters. The van der Waals surface area contributed by atoms with Crippen LogP contribution in [0.15, 0.2) is 0 Å². The van der Waals surface area contributed by atoms with Gasteiger partial charge in [-0.1, -0.05) is 34.6 Å². The Morgan fingerprint density at radius 3 is 1.70 bits per heavy atom. The molecule has 1 N–H and O–H groups in total. The predicted molar refractivity (Wildman–Crippen MR) is 47.2 cm³/mol. The van der Waals surface area contributed by atoms with Crippen LogP contribution in [-0.4, -0.2) is 12.1 Å². The molecule has 0 heterocycles. The number of rotatable bonds is 4. The second-order valence-electron chi connectivity index (χ2n) is 3.58. The molecule has 0 fully saturated rings. The Hall–Kier alpha value is -0.0400. The predicted octanol–water partition coefficient (Wildman–Crippen LogP) is 2.42. The lowest BCUT2D eigenvalue weighted by molar-refractivity contribution is 0.362. The van der Waals surface area contributed by atoms with E-state index in [0.717, 1.165) is 5.92 Å². The lowest BCUT2D eigenvalue weighted by atomic mass is 10.0. The molecule has 0 amide bonds. The van der Waals surface area contributed by atoms with Gasteiger partial charge in [0.15, 0.2) is 0 Å². The SMILES string of the molecule is CC[C@@H](NC(C)C)C(C)C. The highest BCUT2D eigenvalue weighted by Crippen LogP contribution is 2.05. The number of hydrogen-bond donors (Lipinski definition) is 1. The third-order valence-corrected chi connectivity index (χ3v) is 1.79. The van der Waals surface area contributed by atoms with Gasteiger partial charge in [0.2, 0.25) is 0 Å². The smallest absolute Gasteiger partial charge is 0.00897 e. The van der Waals surface area contributed by atoms with Crippen LogP contribution in [0, 0.1) is 5.92 Å². The van der Waals surface area contributed by atoms with Crippen LogP contribution in [0.25, 0.3) is 0 Å². The van der Waals surface area contributed by atoms with Crippen LogP contribution < -0.4 is 5.32 Å². The minimum Gasteiger partial charge on any atom is -0.312 e. The van der Waals surface area contributed by atoms with Gasteiger partial charge in [-0.2, -0.15) is 0 Å². The van der Waals surface area contributed by atoms with Gasteiger partial charge in [-0.3, -0.25) is 0 Å². The van der Waals surface area contributed by atoms with Gasteiger partial charge in [0.25, 0.3) is 0 Å². The first-order valence-electron chi connectivity index (χ1n) is 4.34. The van der Waals surface area contributed by atoms with Crippen molar-refractivity contribution in [3.8, 4) is 0 Å². The van der Waals surface area contributed by atoms with E-state index >= 15 is 0 Å². The van der Waals surface area contributed by atoms with Crippen molar-refractivity contribution in [2.24, 2.45) is 5.92 Å². The van der Waals surface area contributed by atoms with Crippen molar-refractivity contribution in [1.82, 2.24) is 5.32 Å². The summed E-state index contributed by atoms with van der Waals surface area (Å²) in [6.45, 7) is 11.2. The average molecular weight is 143 g/mol. The van der Waals surface area contributed by atoms with Gasteiger partial charge in [0, 0.05) is 12.1 Å².